The Morgan fingerprint density at radius 3 is 2.33 bits per heavy atom. The number of alkyl halides is 3. The average Bonchev–Trinajstić information content (AvgIpc) is 2.29. The van der Waals surface area contributed by atoms with Gasteiger partial charge in [-0.2, -0.15) is 13.2 Å². The van der Waals surface area contributed by atoms with E-state index >= 15 is 0 Å². The summed E-state index contributed by atoms with van der Waals surface area (Å²) >= 11 is 0. The van der Waals surface area contributed by atoms with Gasteiger partial charge in [0, 0.05) is 7.11 Å². The number of halogens is 3. The predicted molar refractivity (Wildman–Crippen MR) is 62.2 cm³/mol. The average molecular weight is 262 g/mol. The second kappa shape index (κ2) is 5.71. The van der Waals surface area contributed by atoms with Gasteiger partial charge in [-0.05, 0) is 36.6 Å². The van der Waals surface area contributed by atoms with E-state index in [4.69, 9.17) is 4.74 Å². The van der Waals surface area contributed by atoms with Gasteiger partial charge in [-0.3, -0.25) is 0 Å². The normalized spacial score (nSPS) is 15.5. The number of methoxy groups -OCH3 is 1. The van der Waals surface area contributed by atoms with Crippen molar-refractivity contribution in [3.8, 4) is 0 Å². The Bertz CT molecular complexity index is 398. The molecule has 5 heteroatoms. The zero-order chi connectivity index (χ0) is 13.9. The first kappa shape index (κ1) is 15.0. The van der Waals surface area contributed by atoms with Crippen LogP contribution in [-0.4, -0.2) is 18.3 Å². The van der Waals surface area contributed by atoms with Crippen LogP contribution >= 0.6 is 0 Å². The first-order chi connectivity index (χ1) is 8.31. The molecule has 102 valence electrons. The highest BCUT2D eigenvalue weighted by Crippen LogP contribution is 2.32. The first-order valence-electron chi connectivity index (χ1n) is 5.69. The van der Waals surface area contributed by atoms with Gasteiger partial charge in [0.2, 0.25) is 0 Å². The lowest BCUT2D eigenvalue weighted by Gasteiger charge is -2.22. The van der Waals surface area contributed by atoms with E-state index in [1.807, 2.05) is 6.92 Å². The van der Waals surface area contributed by atoms with Gasteiger partial charge in [-0.15, -0.1) is 0 Å². The Kier molecular flexibility index (Phi) is 4.76. The van der Waals surface area contributed by atoms with E-state index in [1.165, 1.54) is 13.2 Å². The van der Waals surface area contributed by atoms with Crippen LogP contribution in [-0.2, 0) is 10.9 Å². The fourth-order valence-corrected chi connectivity index (χ4v) is 1.90. The van der Waals surface area contributed by atoms with Crippen LogP contribution < -0.4 is 0 Å². The fourth-order valence-electron chi connectivity index (χ4n) is 1.90. The summed E-state index contributed by atoms with van der Waals surface area (Å²) in [5.41, 5.74) is 0.172. The Labute approximate surface area is 104 Å². The summed E-state index contributed by atoms with van der Waals surface area (Å²) in [6.07, 6.45) is -5.11. The van der Waals surface area contributed by atoms with E-state index in [2.05, 4.69) is 0 Å². The lowest BCUT2D eigenvalue weighted by molar-refractivity contribution is -0.137. The van der Waals surface area contributed by atoms with Crippen molar-refractivity contribution in [2.75, 3.05) is 7.11 Å². The van der Waals surface area contributed by atoms with Crippen molar-refractivity contribution >= 4 is 0 Å². The molecular formula is C13H17F3O2. The summed E-state index contributed by atoms with van der Waals surface area (Å²) in [7, 11) is 1.47. The SMILES string of the molecule is CCC(OC)C(O)c1ccc(C(F)(F)F)cc1C. The van der Waals surface area contributed by atoms with Crippen molar-refractivity contribution < 1.29 is 23.0 Å². The molecule has 2 unspecified atom stereocenters. The smallest absolute Gasteiger partial charge is 0.386 e. The summed E-state index contributed by atoms with van der Waals surface area (Å²) in [5, 5.41) is 10.0. The fraction of sp³-hybridized carbons (Fsp3) is 0.538. The van der Waals surface area contributed by atoms with E-state index in [-0.39, 0.29) is 0 Å². The Balaban J connectivity index is 3.06. The highest BCUT2D eigenvalue weighted by Gasteiger charge is 2.31. The van der Waals surface area contributed by atoms with Crippen molar-refractivity contribution in [3.05, 3.63) is 34.9 Å². The number of aryl methyl sites for hydroxylation is 1. The molecule has 1 rings (SSSR count). The summed E-state index contributed by atoms with van der Waals surface area (Å²) in [5.74, 6) is 0. The molecule has 1 aromatic carbocycles. The molecule has 0 bridgehead atoms. The van der Waals surface area contributed by atoms with Crippen molar-refractivity contribution in [2.45, 2.75) is 38.7 Å². The highest BCUT2D eigenvalue weighted by molar-refractivity contribution is 5.34. The molecule has 0 aliphatic rings. The van der Waals surface area contributed by atoms with Crippen LogP contribution in [0.5, 0.6) is 0 Å². The van der Waals surface area contributed by atoms with Gasteiger partial charge < -0.3 is 9.84 Å². The maximum Gasteiger partial charge on any atom is 0.416 e. The molecule has 0 amide bonds. The summed E-state index contributed by atoms with van der Waals surface area (Å²) < 4.78 is 42.6. The topological polar surface area (TPSA) is 29.5 Å². The summed E-state index contributed by atoms with van der Waals surface area (Å²) in [6.45, 7) is 3.40. The van der Waals surface area contributed by atoms with E-state index in [0.717, 1.165) is 12.1 Å². The highest BCUT2D eigenvalue weighted by atomic mass is 19.4. The first-order valence-corrected chi connectivity index (χ1v) is 5.69. The lowest BCUT2D eigenvalue weighted by Crippen LogP contribution is -2.21. The molecule has 1 N–H and O–H groups in total. The molecule has 0 saturated carbocycles. The van der Waals surface area contributed by atoms with E-state index in [1.54, 1.807) is 6.92 Å². The molecule has 0 aliphatic carbocycles. The molecule has 0 aliphatic heterocycles. The van der Waals surface area contributed by atoms with Crippen molar-refractivity contribution in [1.82, 2.24) is 0 Å². The van der Waals surface area contributed by atoms with Gasteiger partial charge in [0.15, 0.2) is 0 Å². The van der Waals surface area contributed by atoms with E-state index < -0.39 is 23.9 Å². The van der Waals surface area contributed by atoms with Crippen LogP contribution in [0.2, 0.25) is 0 Å². The van der Waals surface area contributed by atoms with Gasteiger partial charge in [0.05, 0.1) is 11.7 Å². The number of benzene rings is 1. The molecule has 18 heavy (non-hydrogen) atoms. The monoisotopic (exact) mass is 262 g/mol. The third kappa shape index (κ3) is 3.23. The van der Waals surface area contributed by atoms with E-state index in [0.29, 0.717) is 17.5 Å². The number of aliphatic hydroxyl groups excluding tert-OH is 1. The van der Waals surface area contributed by atoms with Gasteiger partial charge in [-0.25, -0.2) is 0 Å². The zero-order valence-electron chi connectivity index (χ0n) is 10.6. The molecule has 2 atom stereocenters. The maximum atomic E-state index is 12.5. The minimum absolute atomic E-state index is 0.410. The van der Waals surface area contributed by atoms with Gasteiger partial charge in [0.1, 0.15) is 6.10 Å². The summed E-state index contributed by atoms with van der Waals surface area (Å²) in [4.78, 5) is 0. The Morgan fingerprint density at radius 1 is 1.33 bits per heavy atom. The third-order valence-electron chi connectivity index (χ3n) is 2.97. The zero-order valence-corrected chi connectivity index (χ0v) is 10.6. The number of aliphatic hydroxyl groups is 1. The Morgan fingerprint density at radius 2 is 1.94 bits per heavy atom. The predicted octanol–water partition coefficient (Wildman–Crippen LogP) is 3.47. The largest absolute Gasteiger partial charge is 0.416 e. The minimum atomic E-state index is -4.36. The second-order valence-corrected chi connectivity index (χ2v) is 4.20. The molecule has 0 aromatic heterocycles. The van der Waals surface area contributed by atoms with Crippen molar-refractivity contribution in [1.29, 1.82) is 0 Å². The van der Waals surface area contributed by atoms with Gasteiger partial charge in [-0.1, -0.05) is 13.0 Å². The molecule has 0 heterocycles. The van der Waals surface area contributed by atoms with Crippen molar-refractivity contribution in [3.63, 3.8) is 0 Å². The van der Waals surface area contributed by atoms with Crippen LogP contribution in [0.25, 0.3) is 0 Å². The molecule has 0 radical (unpaired) electrons. The standard InChI is InChI=1S/C13H17F3O2/c1-4-11(18-3)12(17)10-6-5-9(7-8(10)2)13(14,15)16/h5-7,11-12,17H,4H2,1-3H3. The number of rotatable bonds is 4. The number of hydrogen-bond acceptors (Lipinski definition) is 2. The lowest BCUT2D eigenvalue weighted by atomic mass is 9.96. The van der Waals surface area contributed by atoms with Crippen LogP contribution in [0.15, 0.2) is 18.2 Å². The second-order valence-electron chi connectivity index (χ2n) is 4.20. The minimum Gasteiger partial charge on any atom is -0.386 e. The molecular weight excluding hydrogens is 245 g/mol. The third-order valence-corrected chi connectivity index (χ3v) is 2.97. The maximum absolute atomic E-state index is 12.5. The van der Waals surface area contributed by atoms with Crippen LogP contribution in [0.1, 0.15) is 36.1 Å². The molecule has 2 nitrogen and oxygen atoms in total. The number of hydrogen-bond donors (Lipinski definition) is 1. The molecule has 1 aromatic rings. The van der Waals surface area contributed by atoms with Crippen molar-refractivity contribution in [2.24, 2.45) is 0 Å². The molecule has 0 saturated heterocycles. The Hall–Kier alpha value is -1.07. The summed E-state index contributed by atoms with van der Waals surface area (Å²) in [6, 6.07) is 3.33. The molecule has 0 fully saturated rings. The van der Waals surface area contributed by atoms with Gasteiger partial charge >= 0.3 is 6.18 Å². The van der Waals surface area contributed by atoms with Gasteiger partial charge in [0.25, 0.3) is 0 Å². The van der Waals surface area contributed by atoms with E-state index in [9.17, 15) is 18.3 Å². The molecule has 0 spiro atoms. The number of ether oxygens (including phenoxy) is 1. The van der Waals surface area contributed by atoms with Crippen LogP contribution in [0.3, 0.4) is 0 Å². The quantitative estimate of drug-likeness (QED) is 0.900. The van der Waals surface area contributed by atoms with Crippen LogP contribution in [0.4, 0.5) is 13.2 Å². The van der Waals surface area contributed by atoms with Crippen LogP contribution in [0, 0.1) is 6.92 Å².